The van der Waals surface area contributed by atoms with Gasteiger partial charge in [-0.2, -0.15) is 0 Å². The van der Waals surface area contributed by atoms with Crippen molar-refractivity contribution >= 4 is 24.0 Å². The molecule has 1 aromatic rings. The summed E-state index contributed by atoms with van der Waals surface area (Å²) in [5, 5.41) is 7.95. The first-order valence-electron chi connectivity index (χ1n) is 9.78. The number of anilines is 1. The van der Waals surface area contributed by atoms with E-state index < -0.39 is 23.8 Å². The summed E-state index contributed by atoms with van der Waals surface area (Å²) >= 11 is 0. The number of amides is 4. The van der Waals surface area contributed by atoms with E-state index in [2.05, 4.69) is 20.6 Å². The van der Waals surface area contributed by atoms with Crippen molar-refractivity contribution in [1.29, 1.82) is 0 Å². The van der Waals surface area contributed by atoms with Crippen LogP contribution in [0.25, 0.3) is 0 Å². The van der Waals surface area contributed by atoms with E-state index in [9.17, 15) is 14.4 Å². The second-order valence-electron chi connectivity index (χ2n) is 7.95. The number of alkyl carbamates (subject to hydrolysis) is 1. The van der Waals surface area contributed by atoms with E-state index in [0.717, 1.165) is 0 Å². The maximum absolute atomic E-state index is 13.2. The third kappa shape index (κ3) is 6.30. The molecule has 2 N–H and O–H groups in total. The van der Waals surface area contributed by atoms with Crippen molar-refractivity contribution in [3.8, 4) is 0 Å². The summed E-state index contributed by atoms with van der Waals surface area (Å²) in [6, 6.07) is 0.332. The number of aromatic nitrogens is 2. The Morgan fingerprint density at radius 2 is 1.79 bits per heavy atom. The van der Waals surface area contributed by atoms with Crippen LogP contribution in [-0.4, -0.2) is 62.7 Å². The van der Waals surface area contributed by atoms with E-state index in [0.29, 0.717) is 25.9 Å². The molecule has 29 heavy (non-hydrogen) atoms. The van der Waals surface area contributed by atoms with E-state index in [1.807, 2.05) is 13.8 Å². The molecule has 160 valence electrons. The summed E-state index contributed by atoms with van der Waals surface area (Å²) in [5.41, 5.74) is -0.678. The van der Waals surface area contributed by atoms with Crippen molar-refractivity contribution < 1.29 is 19.1 Å². The minimum absolute atomic E-state index is 0.141. The Labute approximate surface area is 171 Å². The summed E-state index contributed by atoms with van der Waals surface area (Å²) in [4.78, 5) is 46.0. The Bertz CT molecular complexity index is 721. The topological polar surface area (TPSA) is 117 Å². The van der Waals surface area contributed by atoms with Crippen LogP contribution in [0.5, 0.6) is 0 Å². The second-order valence-corrected chi connectivity index (χ2v) is 7.95. The van der Waals surface area contributed by atoms with E-state index in [1.165, 1.54) is 22.4 Å². The van der Waals surface area contributed by atoms with Crippen molar-refractivity contribution in [2.75, 3.05) is 18.4 Å². The van der Waals surface area contributed by atoms with Gasteiger partial charge in [0.05, 0.1) is 0 Å². The van der Waals surface area contributed by atoms with Crippen molar-refractivity contribution in [3.63, 3.8) is 0 Å². The zero-order chi connectivity index (χ0) is 21.6. The molecule has 1 aliphatic rings. The summed E-state index contributed by atoms with van der Waals surface area (Å²) in [6.45, 7) is 9.83. The molecule has 2 heterocycles. The lowest BCUT2D eigenvalue weighted by Crippen LogP contribution is -2.56. The fraction of sp³-hybridized carbons (Fsp3) is 0.632. The first-order chi connectivity index (χ1) is 13.6. The van der Waals surface area contributed by atoms with Gasteiger partial charge in [-0.05, 0) is 39.2 Å². The van der Waals surface area contributed by atoms with Crippen molar-refractivity contribution in [2.45, 2.75) is 59.1 Å². The van der Waals surface area contributed by atoms with E-state index >= 15 is 0 Å². The average molecular weight is 406 g/mol. The van der Waals surface area contributed by atoms with Gasteiger partial charge in [-0.1, -0.05) is 20.3 Å². The molecule has 2 rings (SSSR count). The smallest absolute Gasteiger partial charge is 0.408 e. The maximum atomic E-state index is 13.2. The van der Waals surface area contributed by atoms with Gasteiger partial charge in [-0.25, -0.2) is 29.6 Å². The van der Waals surface area contributed by atoms with Gasteiger partial charge in [0.2, 0.25) is 5.95 Å². The number of hydrogen-bond donors (Lipinski definition) is 2. The summed E-state index contributed by atoms with van der Waals surface area (Å²) in [5.74, 6) is -0.341. The molecule has 1 saturated heterocycles. The molecule has 10 nitrogen and oxygen atoms in total. The molecular weight excluding hydrogens is 376 g/mol. The van der Waals surface area contributed by atoms with E-state index in [4.69, 9.17) is 4.74 Å². The maximum Gasteiger partial charge on any atom is 0.408 e. The lowest BCUT2D eigenvalue weighted by Gasteiger charge is -2.33. The SMILES string of the molecule is CCC(C)C(NC(=O)OC(C)(C)C)C(=O)N1CCCN1C(=O)Nc1ncccn1. The van der Waals surface area contributed by atoms with Gasteiger partial charge in [-0.15, -0.1) is 0 Å². The Kier molecular flexibility index (Phi) is 7.35. The molecule has 0 bridgehead atoms. The molecule has 10 heteroatoms. The highest BCUT2D eigenvalue weighted by molar-refractivity contribution is 5.92. The van der Waals surface area contributed by atoms with Gasteiger partial charge >= 0.3 is 12.1 Å². The Hall–Kier alpha value is -2.91. The van der Waals surface area contributed by atoms with Crippen LogP contribution in [0.4, 0.5) is 15.5 Å². The van der Waals surface area contributed by atoms with Gasteiger partial charge < -0.3 is 10.1 Å². The quantitative estimate of drug-likeness (QED) is 0.775. The molecule has 0 spiro atoms. The highest BCUT2D eigenvalue weighted by Crippen LogP contribution is 2.19. The first kappa shape index (κ1) is 22.4. The van der Waals surface area contributed by atoms with Gasteiger partial charge in [0.15, 0.2) is 0 Å². The van der Waals surface area contributed by atoms with Crippen LogP contribution in [0.2, 0.25) is 0 Å². The van der Waals surface area contributed by atoms with Crippen LogP contribution in [0.3, 0.4) is 0 Å². The summed E-state index contributed by atoms with van der Waals surface area (Å²) in [6.07, 6.45) is 3.67. The third-order valence-corrected chi connectivity index (χ3v) is 4.46. The monoisotopic (exact) mass is 406 g/mol. The minimum atomic E-state index is -0.809. The number of carbonyl (C=O) groups excluding carboxylic acids is 3. The zero-order valence-electron chi connectivity index (χ0n) is 17.6. The highest BCUT2D eigenvalue weighted by Gasteiger charge is 2.38. The van der Waals surface area contributed by atoms with Crippen molar-refractivity contribution in [1.82, 2.24) is 25.3 Å². The molecule has 0 saturated carbocycles. The number of hydrogen-bond acceptors (Lipinski definition) is 6. The lowest BCUT2D eigenvalue weighted by molar-refractivity contribution is -0.143. The molecule has 4 amide bonds. The lowest BCUT2D eigenvalue weighted by atomic mass is 9.98. The Balaban J connectivity index is 2.11. The molecule has 1 aliphatic heterocycles. The van der Waals surface area contributed by atoms with Gasteiger partial charge in [0.25, 0.3) is 5.91 Å². The number of rotatable bonds is 5. The number of carbonyl (C=O) groups is 3. The fourth-order valence-electron chi connectivity index (χ4n) is 2.85. The van der Waals surface area contributed by atoms with Gasteiger partial charge in [-0.3, -0.25) is 10.1 Å². The van der Waals surface area contributed by atoms with Gasteiger partial charge in [0, 0.05) is 25.5 Å². The van der Waals surface area contributed by atoms with E-state index in [-0.39, 0.29) is 17.8 Å². The highest BCUT2D eigenvalue weighted by atomic mass is 16.6. The van der Waals surface area contributed by atoms with Crippen LogP contribution in [-0.2, 0) is 9.53 Å². The molecule has 0 aromatic carbocycles. The predicted molar refractivity (Wildman–Crippen MR) is 107 cm³/mol. The number of ether oxygens (including phenoxy) is 1. The minimum Gasteiger partial charge on any atom is -0.444 e. The molecular formula is C19H30N6O4. The molecule has 0 radical (unpaired) electrons. The van der Waals surface area contributed by atoms with Crippen molar-refractivity contribution in [2.24, 2.45) is 5.92 Å². The third-order valence-electron chi connectivity index (χ3n) is 4.46. The average Bonchev–Trinajstić information content (AvgIpc) is 3.14. The Morgan fingerprint density at radius 3 is 2.38 bits per heavy atom. The fourth-order valence-corrected chi connectivity index (χ4v) is 2.85. The number of urea groups is 1. The normalized spacial score (nSPS) is 16.2. The number of hydrazine groups is 1. The number of nitrogens with one attached hydrogen (secondary N) is 2. The first-order valence-corrected chi connectivity index (χ1v) is 9.78. The zero-order valence-corrected chi connectivity index (χ0v) is 17.6. The van der Waals surface area contributed by atoms with Crippen LogP contribution in [0, 0.1) is 5.92 Å². The molecule has 1 aromatic heterocycles. The molecule has 2 unspecified atom stereocenters. The predicted octanol–water partition coefficient (Wildman–Crippen LogP) is 2.40. The Morgan fingerprint density at radius 1 is 1.17 bits per heavy atom. The molecule has 1 fully saturated rings. The van der Waals surface area contributed by atoms with Crippen LogP contribution in [0.1, 0.15) is 47.5 Å². The molecule has 2 atom stereocenters. The van der Waals surface area contributed by atoms with Crippen LogP contribution in [0.15, 0.2) is 18.5 Å². The van der Waals surface area contributed by atoms with Crippen molar-refractivity contribution in [3.05, 3.63) is 18.5 Å². The number of nitrogens with zero attached hydrogens (tertiary/aromatic N) is 4. The second kappa shape index (κ2) is 9.53. The summed E-state index contributed by atoms with van der Waals surface area (Å²) < 4.78 is 5.30. The standard InChI is InChI=1S/C19H30N6O4/c1-6-13(2)14(22-18(28)29-19(3,4)5)15(26)24-11-8-12-25(24)17(27)23-16-20-9-7-10-21-16/h7,9-10,13-14H,6,8,11-12H2,1-5H3,(H,22,28)(H,20,21,23,27). The van der Waals surface area contributed by atoms with Crippen LogP contribution >= 0.6 is 0 Å². The molecule has 0 aliphatic carbocycles. The largest absolute Gasteiger partial charge is 0.444 e. The summed E-state index contributed by atoms with van der Waals surface area (Å²) in [7, 11) is 0. The van der Waals surface area contributed by atoms with Gasteiger partial charge in [0.1, 0.15) is 11.6 Å². The van der Waals surface area contributed by atoms with Crippen LogP contribution < -0.4 is 10.6 Å². The van der Waals surface area contributed by atoms with E-state index in [1.54, 1.807) is 26.8 Å².